The third kappa shape index (κ3) is 3.24. The number of nitrogens with zero attached hydrogens (tertiary/aromatic N) is 1. The summed E-state index contributed by atoms with van der Waals surface area (Å²) in [6.45, 7) is 4.02. The Morgan fingerprint density at radius 2 is 1.90 bits per heavy atom. The molecule has 0 saturated heterocycles. The van der Waals surface area contributed by atoms with E-state index >= 15 is 0 Å². The number of aromatic nitrogens is 1. The van der Waals surface area contributed by atoms with Crippen molar-refractivity contribution in [2.75, 3.05) is 13.7 Å². The molecule has 0 aliphatic carbocycles. The Labute approximate surface area is 180 Å². The molecule has 0 fully saturated rings. The number of methoxy groups -OCH3 is 1. The quantitative estimate of drug-likeness (QED) is 0.279. The molecule has 148 valence electrons. The largest absolute Gasteiger partial charge is 0.493 e. The van der Waals surface area contributed by atoms with Crippen LogP contribution < -0.4 is 4.74 Å². The molecular formula is C22H18BrNO4S. The van der Waals surface area contributed by atoms with Crippen molar-refractivity contribution in [2.45, 2.75) is 13.8 Å². The van der Waals surface area contributed by atoms with Gasteiger partial charge in [0.1, 0.15) is 16.0 Å². The predicted octanol–water partition coefficient (Wildman–Crippen LogP) is 5.64. The Morgan fingerprint density at radius 3 is 2.55 bits per heavy atom. The second kappa shape index (κ2) is 7.65. The normalized spacial score (nSPS) is 11.2. The highest BCUT2D eigenvalue weighted by molar-refractivity contribution is 9.10. The van der Waals surface area contributed by atoms with Gasteiger partial charge in [-0.1, -0.05) is 15.9 Å². The summed E-state index contributed by atoms with van der Waals surface area (Å²) < 4.78 is 14.4. The molecule has 0 N–H and O–H groups in total. The highest BCUT2D eigenvalue weighted by atomic mass is 79.9. The first-order valence-electron chi connectivity index (χ1n) is 9.04. The number of fused-ring (bicyclic) bond motifs is 3. The second-order valence-corrected chi connectivity index (χ2v) is 8.47. The van der Waals surface area contributed by atoms with Crippen LogP contribution in [0.1, 0.15) is 38.1 Å². The standard InChI is InChI=1S/C22H18BrNO4S/c1-4-28-22(26)16-15-11-12(2)9-10-24(15)17-19(27-3)21(29-20(16)17)18(25)13-5-7-14(23)8-6-13/h5-11H,4H2,1-3H3. The van der Waals surface area contributed by atoms with Crippen molar-refractivity contribution in [3.05, 3.63) is 68.6 Å². The van der Waals surface area contributed by atoms with Crippen molar-refractivity contribution in [1.29, 1.82) is 0 Å². The van der Waals surface area contributed by atoms with Crippen LogP contribution in [-0.4, -0.2) is 29.9 Å². The van der Waals surface area contributed by atoms with Gasteiger partial charge in [-0.05, 0) is 55.8 Å². The first kappa shape index (κ1) is 19.7. The van der Waals surface area contributed by atoms with Gasteiger partial charge in [0.2, 0.25) is 5.78 Å². The minimum Gasteiger partial charge on any atom is -0.493 e. The van der Waals surface area contributed by atoms with Crippen LogP contribution in [0.3, 0.4) is 0 Å². The maximum Gasteiger partial charge on any atom is 0.341 e. The number of rotatable bonds is 5. The third-order valence-corrected chi connectivity index (χ3v) is 6.38. The van der Waals surface area contributed by atoms with Crippen LogP contribution in [0, 0.1) is 6.92 Å². The highest BCUT2D eigenvalue weighted by Crippen LogP contribution is 2.43. The summed E-state index contributed by atoms with van der Waals surface area (Å²) in [7, 11) is 1.54. The molecule has 3 aromatic heterocycles. The number of hydrogen-bond donors (Lipinski definition) is 0. The summed E-state index contributed by atoms with van der Waals surface area (Å²) >= 11 is 4.65. The molecule has 0 aliphatic heterocycles. The van der Waals surface area contributed by atoms with Crippen LogP contribution in [0.25, 0.3) is 15.7 Å². The zero-order valence-corrected chi connectivity index (χ0v) is 18.5. The van der Waals surface area contributed by atoms with Crippen molar-refractivity contribution >= 4 is 54.8 Å². The first-order chi connectivity index (χ1) is 14.0. The Hall–Kier alpha value is -2.64. The molecule has 1 aromatic carbocycles. The van der Waals surface area contributed by atoms with E-state index in [-0.39, 0.29) is 12.4 Å². The predicted molar refractivity (Wildman–Crippen MR) is 118 cm³/mol. The van der Waals surface area contributed by atoms with Crippen LogP contribution in [0.5, 0.6) is 5.75 Å². The monoisotopic (exact) mass is 471 g/mol. The number of carbonyl (C=O) groups is 2. The van der Waals surface area contributed by atoms with Crippen LogP contribution in [0.15, 0.2) is 47.1 Å². The van der Waals surface area contributed by atoms with Crippen LogP contribution in [0.4, 0.5) is 0 Å². The topological polar surface area (TPSA) is 57.0 Å². The van der Waals surface area contributed by atoms with E-state index in [4.69, 9.17) is 9.47 Å². The Bertz CT molecular complexity index is 1250. The molecule has 0 aliphatic rings. The van der Waals surface area contributed by atoms with E-state index in [0.717, 1.165) is 15.6 Å². The van der Waals surface area contributed by atoms with Crippen molar-refractivity contribution in [2.24, 2.45) is 0 Å². The lowest BCUT2D eigenvalue weighted by atomic mass is 10.1. The number of hydrogen-bond acceptors (Lipinski definition) is 5. The fourth-order valence-electron chi connectivity index (χ4n) is 3.38. The van der Waals surface area contributed by atoms with Gasteiger partial charge in [0.25, 0.3) is 0 Å². The number of pyridine rings is 1. The number of ether oxygens (including phenoxy) is 2. The first-order valence-corrected chi connectivity index (χ1v) is 10.7. The molecule has 0 saturated carbocycles. The van der Waals surface area contributed by atoms with Crippen molar-refractivity contribution in [3.63, 3.8) is 0 Å². The lowest BCUT2D eigenvalue weighted by molar-refractivity contribution is 0.0531. The van der Waals surface area contributed by atoms with E-state index < -0.39 is 5.97 Å². The summed E-state index contributed by atoms with van der Waals surface area (Å²) in [5.41, 5.74) is 3.49. The van der Waals surface area contributed by atoms with E-state index in [9.17, 15) is 9.59 Å². The summed E-state index contributed by atoms with van der Waals surface area (Å²) in [5.74, 6) is -0.0873. The minimum absolute atomic E-state index is 0.147. The van der Waals surface area contributed by atoms with Gasteiger partial charge in [0.05, 0.1) is 23.9 Å². The van der Waals surface area contributed by atoms with Crippen molar-refractivity contribution < 1.29 is 19.1 Å². The molecule has 4 rings (SSSR count). The molecule has 7 heteroatoms. The third-order valence-electron chi connectivity index (χ3n) is 4.67. The lowest BCUT2D eigenvalue weighted by Gasteiger charge is -2.06. The Balaban J connectivity index is 2.01. The fourth-order valence-corrected chi connectivity index (χ4v) is 4.91. The van der Waals surface area contributed by atoms with Gasteiger partial charge in [-0.15, -0.1) is 11.3 Å². The van der Waals surface area contributed by atoms with Crippen LogP contribution >= 0.6 is 27.3 Å². The zero-order chi connectivity index (χ0) is 20.7. The molecule has 0 unspecified atom stereocenters. The van der Waals surface area contributed by atoms with Crippen LogP contribution in [0.2, 0.25) is 0 Å². The number of thiophene rings is 1. The van der Waals surface area contributed by atoms with E-state index in [0.29, 0.717) is 32.0 Å². The average molecular weight is 472 g/mol. The lowest BCUT2D eigenvalue weighted by Crippen LogP contribution is -2.04. The zero-order valence-electron chi connectivity index (χ0n) is 16.1. The minimum atomic E-state index is -0.405. The van der Waals surface area contributed by atoms with E-state index in [1.165, 1.54) is 18.4 Å². The molecule has 0 atom stereocenters. The average Bonchev–Trinajstić information content (AvgIpc) is 3.21. The maximum absolute atomic E-state index is 13.2. The second-order valence-electron chi connectivity index (χ2n) is 6.53. The molecule has 0 spiro atoms. The van der Waals surface area contributed by atoms with Crippen molar-refractivity contribution in [3.8, 4) is 5.75 Å². The fraction of sp³-hybridized carbons (Fsp3) is 0.182. The summed E-state index contributed by atoms with van der Waals surface area (Å²) in [6, 6.07) is 11.1. The SMILES string of the molecule is CCOC(=O)c1c2sc(C(=O)c3ccc(Br)cc3)c(OC)c2n2ccc(C)cc12. The number of benzene rings is 1. The smallest absolute Gasteiger partial charge is 0.341 e. The molecule has 3 heterocycles. The molecule has 5 nitrogen and oxygen atoms in total. The Morgan fingerprint density at radius 1 is 1.17 bits per heavy atom. The van der Waals surface area contributed by atoms with E-state index in [1.54, 1.807) is 19.1 Å². The number of carbonyl (C=O) groups excluding carboxylic acids is 2. The number of esters is 1. The molecule has 0 bridgehead atoms. The van der Waals surface area contributed by atoms with Gasteiger partial charge in [-0.25, -0.2) is 4.79 Å². The number of ketones is 1. The molecule has 4 aromatic rings. The van der Waals surface area contributed by atoms with Crippen molar-refractivity contribution in [1.82, 2.24) is 4.40 Å². The molecular weight excluding hydrogens is 454 g/mol. The summed E-state index contributed by atoms with van der Waals surface area (Å²) in [4.78, 5) is 26.4. The molecule has 29 heavy (non-hydrogen) atoms. The highest BCUT2D eigenvalue weighted by Gasteiger charge is 2.29. The molecule has 0 radical (unpaired) electrons. The van der Waals surface area contributed by atoms with Gasteiger partial charge in [0.15, 0.2) is 5.75 Å². The van der Waals surface area contributed by atoms with Gasteiger partial charge in [-0.3, -0.25) is 4.79 Å². The molecule has 0 amide bonds. The summed E-state index contributed by atoms with van der Waals surface area (Å²) in [5, 5.41) is 0. The van der Waals surface area contributed by atoms with Gasteiger partial charge < -0.3 is 13.9 Å². The number of aryl methyl sites for hydroxylation is 1. The Kier molecular flexibility index (Phi) is 5.19. The maximum atomic E-state index is 13.2. The summed E-state index contributed by atoms with van der Waals surface area (Å²) in [6.07, 6.45) is 1.89. The number of halogens is 1. The van der Waals surface area contributed by atoms with Crippen LogP contribution in [-0.2, 0) is 4.74 Å². The van der Waals surface area contributed by atoms with E-state index in [2.05, 4.69) is 15.9 Å². The van der Waals surface area contributed by atoms with Gasteiger partial charge >= 0.3 is 5.97 Å². The van der Waals surface area contributed by atoms with Gasteiger partial charge in [-0.2, -0.15) is 0 Å². The van der Waals surface area contributed by atoms with E-state index in [1.807, 2.05) is 41.8 Å². The van der Waals surface area contributed by atoms with Gasteiger partial charge in [0, 0.05) is 16.2 Å².